The van der Waals surface area contributed by atoms with Crippen LogP contribution in [0.2, 0.25) is 0 Å². The Bertz CT molecular complexity index is 1080. The van der Waals surface area contributed by atoms with Crippen molar-refractivity contribution in [2.24, 2.45) is 0 Å². The van der Waals surface area contributed by atoms with Gasteiger partial charge in [-0.15, -0.1) is 0 Å². The molecule has 0 saturated heterocycles. The Morgan fingerprint density at radius 2 is 1.84 bits per heavy atom. The molecular weight excluding hydrogens is 316 g/mol. The Hall–Kier alpha value is -3.27. The highest BCUT2D eigenvalue weighted by Gasteiger charge is 2.25. The molecule has 0 unspecified atom stereocenters. The van der Waals surface area contributed by atoms with Crippen molar-refractivity contribution in [1.82, 2.24) is 0 Å². The summed E-state index contributed by atoms with van der Waals surface area (Å²) in [4.78, 5) is 12.6. The van der Waals surface area contributed by atoms with Crippen molar-refractivity contribution in [2.45, 2.75) is 0 Å². The maximum absolute atomic E-state index is 12.6. The highest BCUT2D eigenvalue weighted by atomic mass is 16.7. The van der Waals surface area contributed by atoms with E-state index in [2.05, 4.69) is 6.07 Å². The molecule has 5 rings (SSSR count). The summed E-state index contributed by atoms with van der Waals surface area (Å²) in [5.74, 6) is 1.76. The van der Waals surface area contributed by atoms with Crippen LogP contribution in [-0.2, 0) is 4.74 Å². The zero-order chi connectivity index (χ0) is 17.0. The number of methoxy groups -OCH3 is 1. The Labute approximate surface area is 144 Å². The van der Waals surface area contributed by atoms with E-state index in [-0.39, 0.29) is 12.6 Å². The summed E-state index contributed by atoms with van der Waals surface area (Å²) in [7, 11) is 1.53. The van der Waals surface area contributed by atoms with Crippen LogP contribution in [0.15, 0.2) is 54.3 Å². The Morgan fingerprint density at radius 1 is 0.960 bits per heavy atom. The number of carbonyl (C=O) groups excluding carboxylic acids is 1. The van der Waals surface area contributed by atoms with Crippen LogP contribution in [0.1, 0.15) is 15.9 Å². The SMILES string of the molecule is COC1=Cc2c(-c3ccc4c(c3)OCO4)ccc3cccc(c23)C1=O. The second-order valence-corrected chi connectivity index (χ2v) is 6.04. The highest BCUT2D eigenvalue weighted by Crippen LogP contribution is 2.41. The molecule has 3 aromatic rings. The summed E-state index contributed by atoms with van der Waals surface area (Å²) in [5, 5.41) is 2.00. The van der Waals surface area contributed by atoms with E-state index in [1.54, 1.807) is 0 Å². The molecule has 122 valence electrons. The number of benzene rings is 3. The molecule has 0 amide bonds. The third-order valence-electron chi connectivity index (χ3n) is 4.73. The Morgan fingerprint density at radius 3 is 2.72 bits per heavy atom. The summed E-state index contributed by atoms with van der Waals surface area (Å²) < 4.78 is 16.2. The van der Waals surface area contributed by atoms with E-state index < -0.39 is 0 Å². The van der Waals surface area contributed by atoms with E-state index >= 15 is 0 Å². The summed E-state index contributed by atoms with van der Waals surface area (Å²) in [6.45, 7) is 0.246. The van der Waals surface area contributed by atoms with Gasteiger partial charge in [0.05, 0.1) is 7.11 Å². The molecule has 25 heavy (non-hydrogen) atoms. The molecule has 0 fully saturated rings. The molecule has 0 radical (unpaired) electrons. The van der Waals surface area contributed by atoms with Gasteiger partial charge in [0.2, 0.25) is 12.6 Å². The van der Waals surface area contributed by atoms with Gasteiger partial charge in [-0.3, -0.25) is 4.79 Å². The van der Waals surface area contributed by atoms with Gasteiger partial charge in [-0.1, -0.05) is 36.4 Å². The van der Waals surface area contributed by atoms with E-state index in [9.17, 15) is 4.79 Å². The Kier molecular flexibility index (Phi) is 2.88. The van der Waals surface area contributed by atoms with Crippen LogP contribution < -0.4 is 9.47 Å². The summed E-state index contributed by atoms with van der Waals surface area (Å²) in [6.07, 6.45) is 1.83. The van der Waals surface area contributed by atoms with Crippen molar-refractivity contribution in [3.63, 3.8) is 0 Å². The van der Waals surface area contributed by atoms with Crippen LogP contribution in [0.4, 0.5) is 0 Å². The van der Waals surface area contributed by atoms with Gasteiger partial charge < -0.3 is 14.2 Å². The third-order valence-corrected chi connectivity index (χ3v) is 4.73. The number of rotatable bonds is 2. The maximum Gasteiger partial charge on any atom is 0.231 e. The van der Waals surface area contributed by atoms with Gasteiger partial charge in [0.15, 0.2) is 17.3 Å². The zero-order valence-electron chi connectivity index (χ0n) is 13.5. The average Bonchev–Trinajstić information content (AvgIpc) is 3.12. The van der Waals surface area contributed by atoms with E-state index in [0.717, 1.165) is 39.0 Å². The molecule has 4 heteroatoms. The van der Waals surface area contributed by atoms with Crippen molar-refractivity contribution in [1.29, 1.82) is 0 Å². The number of Topliss-reactive ketones (excluding diaryl/α,β-unsaturated/α-hetero) is 1. The van der Waals surface area contributed by atoms with Gasteiger partial charge in [0.1, 0.15) is 0 Å². The van der Waals surface area contributed by atoms with E-state index in [0.29, 0.717) is 11.3 Å². The van der Waals surface area contributed by atoms with Gasteiger partial charge in [-0.25, -0.2) is 0 Å². The molecular formula is C21H14O4. The van der Waals surface area contributed by atoms with Gasteiger partial charge in [0.25, 0.3) is 0 Å². The molecule has 0 spiro atoms. The van der Waals surface area contributed by atoms with E-state index in [4.69, 9.17) is 14.2 Å². The topological polar surface area (TPSA) is 44.8 Å². The monoisotopic (exact) mass is 330 g/mol. The van der Waals surface area contributed by atoms with Gasteiger partial charge in [-0.05, 0) is 40.3 Å². The minimum atomic E-state index is -0.0802. The van der Waals surface area contributed by atoms with Gasteiger partial charge in [-0.2, -0.15) is 0 Å². The molecule has 1 aliphatic heterocycles. The normalized spacial score (nSPS) is 14.6. The molecule has 1 aliphatic carbocycles. The molecule has 0 atom stereocenters. The van der Waals surface area contributed by atoms with Crippen LogP contribution in [-0.4, -0.2) is 19.7 Å². The smallest absolute Gasteiger partial charge is 0.231 e. The number of ether oxygens (including phenoxy) is 3. The first kappa shape index (κ1) is 14.1. The standard InChI is InChI=1S/C21H14O4/c1-23-19-10-16-14(13-6-8-17-18(9-13)25-11-24-17)7-5-12-3-2-4-15(20(12)16)21(19)22/h2-10H,11H2,1H3. The molecule has 0 N–H and O–H groups in total. The van der Waals surface area contributed by atoms with Crippen LogP contribution >= 0.6 is 0 Å². The van der Waals surface area contributed by atoms with Crippen LogP contribution in [0.25, 0.3) is 28.0 Å². The molecule has 3 aromatic carbocycles. The van der Waals surface area contributed by atoms with Crippen LogP contribution in [0.3, 0.4) is 0 Å². The second-order valence-electron chi connectivity index (χ2n) is 6.04. The fourth-order valence-electron chi connectivity index (χ4n) is 3.54. The van der Waals surface area contributed by atoms with Gasteiger partial charge >= 0.3 is 0 Å². The van der Waals surface area contributed by atoms with Crippen LogP contribution in [0, 0.1) is 0 Å². The van der Waals surface area contributed by atoms with E-state index in [1.807, 2.05) is 48.5 Å². The molecule has 4 nitrogen and oxygen atoms in total. The van der Waals surface area contributed by atoms with Crippen molar-refractivity contribution >= 4 is 22.6 Å². The third kappa shape index (κ3) is 1.97. The van der Waals surface area contributed by atoms with Gasteiger partial charge in [0, 0.05) is 10.9 Å². The molecule has 2 aliphatic rings. The summed E-state index contributed by atoms with van der Waals surface area (Å²) >= 11 is 0. The summed E-state index contributed by atoms with van der Waals surface area (Å²) in [6, 6.07) is 15.8. The lowest BCUT2D eigenvalue weighted by Gasteiger charge is -2.19. The fraction of sp³-hybridized carbons (Fsp3) is 0.0952. The number of carbonyl (C=O) groups is 1. The lowest BCUT2D eigenvalue weighted by atomic mass is 9.86. The number of ketones is 1. The van der Waals surface area contributed by atoms with Crippen molar-refractivity contribution < 1.29 is 19.0 Å². The first-order valence-corrected chi connectivity index (χ1v) is 8.02. The quantitative estimate of drug-likeness (QED) is 0.698. The van der Waals surface area contributed by atoms with E-state index in [1.165, 1.54) is 7.11 Å². The number of hydrogen-bond acceptors (Lipinski definition) is 4. The van der Waals surface area contributed by atoms with Crippen molar-refractivity contribution in [3.05, 3.63) is 65.4 Å². The molecule has 0 bridgehead atoms. The van der Waals surface area contributed by atoms with Crippen molar-refractivity contribution in [3.8, 4) is 22.6 Å². The molecule has 0 aromatic heterocycles. The maximum atomic E-state index is 12.6. The lowest BCUT2D eigenvalue weighted by molar-refractivity contribution is 0.0957. The lowest BCUT2D eigenvalue weighted by Crippen LogP contribution is -2.11. The predicted molar refractivity (Wildman–Crippen MR) is 94.8 cm³/mol. The molecule has 0 saturated carbocycles. The predicted octanol–water partition coefficient (Wildman–Crippen LogP) is 4.42. The minimum Gasteiger partial charge on any atom is -0.493 e. The number of allylic oxidation sites excluding steroid dienone is 1. The second kappa shape index (κ2) is 5.11. The number of fused-ring (bicyclic) bond motifs is 1. The number of hydrogen-bond donors (Lipinski definition) is 0. The highest BCUT2D eigenvalue weighted by molar-refractivity contribution is 6.23. The molecule has 1 heterocycles. The van der Waals surface area contributed by atoms with Crippen molar-refractivity contribution in [2.75, 3.05) is 13.9 Å². The summed E-state index contributed by atoms with van der Waals surface area (Å²) in [5.41, 5.74) is 3.70. The Balaban J connectivity index is 1.82. The largest absolute Gasteiger partial charge is 0.493 e. The average molecular weight is 330 g/mol. The first-order valence-electron chi connectivity index (χ1n) is 8.02. The zero-order valence-corrected chi connectivity index (χ0v) is 13.5. The van der Waals surface area contributed by atoms with Crippen LogP contribution in [0.5, 0.6) is 11.5 Å². The first-order chi connectivity index (χ1) is 12.3. The fourth-order valence-corrected chi connectivity index (χ4v) is 3.54. The minimum absolute atomic E-state index is 0.0802.